The summed E-state index contributed by atoms with van der Waals surface area (Å²) in [5.41, 5.74) is 1.14. The first-order chi connectivity index (χ1) is 9.15. The molecule has 2 nitrogen and oxygen atoms in total. The van der Waals surface area contributed by atoms with Crippen LogP contribution in [0.15, 0.2) is 18.2 Å². The van der Waals surface area contributed by atoms with Gasteiger partial charge < -0.3 is 10.1 Å². The molecule has 0 atom stereocenters. The minimum absolute atomic E-state index is 0.681. The molecule has 1 aliphatic carbocycles. The van der Waals surface area contributed by atoms with Gasteiger partial charge in [-0.25, -0.2) is 0 Å². The Labute approximate surface area is 121 Å². The first-order valence-electron chi connectivity index (χ1n) is 7.27. The van der Waals surface area contributed by atoms with Crippen LogP contribution in [0.1, 0.15) is 38.2 Å². The molecule has 0 bridgehead atoms. The van der Waals surface area contributed by atoms with Gasteiger partial charge in [-0.15, -0.1) is 0 Å². The van der Waals surface area contributed by atoms with E-state index in [1.165, 1.54) is 25.7 Å². The van der Waals surface area contributed by atoms with Gasteiger partial charge in [0.1, 0.15) is 12.4 Å². The van der Waals surface area contributed by atoms with Crippen molar-refractivity contribution in [3.63, 3.8) is 0 Å². The molecule has 1 saturated carbocycles. The van der Waals surface area contributed by atoms with E-state index in [1.54, 1.807) is 0 Å². The number of nitrogens with one attached hydrogen (secondary N) is 1. The second-order valence-corrected chi connectivity index (χ2v) is 6.11. The molecule has 3 heteroatoms. The van der Waals surface area contributed by atoms with Gasteiger partial charge in [0.15, 0.2) is 0 Å². The predicted molar refractivity (Wildman–Crippen MR) is 81.1 cm³/mol. The highest BCUT2D eigenvalue weighted by Gasteiger charge is 2.17. The third-order valence-corrected chi connectivity index (χ3v) is 4.19. The van der Waals surface area contributed by atoms with Gasteiger partial charge in [0.25, 0.3) is 0 Å². The smallest absolute Gasteiger partial charge is 0.123 e. The molecular weight excluding hydrogens is 258 g/mol. The molecule has 1 aromatic rings. The van der Waals surface area contributed by atoms with Crippen molar-refractivity contribution in [1.29, 1.82) is 0 Å². The molecule has 106 valence electrons. The average Bonchev–Trinajstić information content (AvgIpc) is 2.40. The highest BCUT2D eigenvalue weighted by Crippen LogP contribution is 2.24. The van der Waals surface area contributed by atoms with Gasteiger partial charge in [0.2, 0.25) is 0 Å². The Morgan fingerprint density at radius 1 is 1.26 bits per heavy atom. The molecule has 1 aliphatic rings. The molecule has 2 rings (SSSR count). The van der Waals surface area contributed by atoms with Gasteiger partial charge >= 0.3 is 0 Å². The van der Waals surface area contributed by atoms with Crippen LogP contribution in [-0.4, -0.2) is 19.2 Å². The van der Waals surface area contributed by atoms with Crippen LogP contribution in [0.4, 0.5) is 0 Å². The number of rotatable bonds is 5. The Hall–Kier alpha value is -0.730. The lowest BCUT2D eigenvalue weighted by Crippen LogP contribution is -2.35. The van der Waals surface area contributed by atoms with Crippen LogP contribution in [-0.2, 0) is 0 Å². The van der Waals surface area contributed by atoms with Crippen molar-refractivity contribution in [2.24, 2.45) is 5.92 Å². The Morgan fingerprint density at radius 3 is 2.74 bits per heavy atom. The summed E-state index contributed by atoms with van der Waals surface area (Å²) in [4.78, 5) is 0. The van der Waals surface area contributed by atoms with E-state index in [-0.39, 0.29) is 0 Å². The maximum absolute atomic E-state index is 5.97. The Bertz CT molecular complexity index is 400. The monoisotopic (exact) mass is 281 g/mol. The van der Waals surface area contributed by atoms with Crippen LogP contribution >= 0.6 is 11.6 Å². The zero-order valence-electron chi connectivity index (χ0n) is 11.9. The van der Waals surface area contributed by atoms with Gasteiger partial charge in [-0.3, -0.25) is 0 Å². The van der Waals surface area contributed by atoms with E-state index in [4.69, 9.17) is 16.3 Å². The van der Waals surface area contributed by atoms with Gasteiger partial charge in [-0.05, 0) is 56.2 Å². The standard InChI is InChI=1S/C16H24ClNO/c1-12-3-7-15(8-4-12)18-9-10-19-16-11-14(17)6-5-13(16)2/h5-6,11-12,15,18H,3-4,7-10H2,1-2H3. The van der Waals surface area contributed by atoms with E-state index in [1.807, 2.05) is 25.1 Å². The molecule has 0 heterocycles. The molecule has 0 unspecified atom stereocenters. The summed E-state index contributed by atoms with van der Waals surface area (Å²) in [7, 11) is 0. The van der Waals surface area contributed by atoms with E-state index >= 15 is 0 Å². The lowest BCUT2D eigenvalue weighted by atomic mass is 9.87. The summed E-state index contributed by atoms with van der Waals surface area (Å²) in [5.74, 6) is 1.80. The van der Waals surface area contributed by atoms with E-state index in [2.05, 4.69) is 12.2 Å². The average molecular weight is 282 g/mol. The van der Waals surface area contributed by atoms with Crippen LogP contribution in [0.2, 0.25) is 5.02 Å². The summed E-state index contributed by atoms with van der Waals surface area (Å²) < 4.78 is 5.78. The van der Waals surface area contributed by atoms with Gasteiger partial charge in [-0.1, -0.05) is 24.6 Å². The van der Waals surface area contributed by atoms with Gasteiger partial charge in [-0.2, -0.15) is 0 Å². The van der Waals surface area contributed by atoms with Crippen molar-refractivity contribution in [1.82, 2.24) is 5.32 Å². The maximum atomic E-state index is 5.97. The zero-order chi connectivity index (χ0) is 13.7. The number of halogens is 1. The molecule has 0 spiro atoms. The Morgan fingerprint density at radius 2 is 2.00 bits per heavy atom. The molecular formula is C16H24ClNO. The second kappa shape index (κ2) is 7.16. The lowest BCUT2D eigenvalue weighted by molar-refractivity contribution is 0.269. The zero-order valence-corrected chi connectivity index (χ0v) is 12.7. The minimum Gasteiger partial charge on any atom is -0.492 e. The highest BCUT2D eigenvalue weighted by molar-refractivity contribution is 6.30. The number of benzene rings is 1. The Kier molecular flexibility index (Phi) is 5.53. The van der Waals surface area contributed by atoms with E-state index in [9.17, 15) is 0 Å². The minimum atomic E-state index is 0.681. The Balaban J connectivity index is 1.68. The largest absolute Gasteiger partial charge is 0.492 e. The molecule has 1 fully saturated rings. The summed E-state index contributed by atoms with van der Waals surface area (Å²) in [5, 5.41) is 4.32. The molecule has 19 heavy (non-hydrogen) atoms. The van der Waals surface area contributed by atoms with Crippen molar-refractivity contribution in [2.45, 2.75) is 45.6 Å². The fourth-order valence-corrected chi connectivity index (χ4v) is 2.78. The van der Waals surface area contributed by atoms with Crippen molar-refractivity contribution in [2.75, 3.05) is 13.2 Å². The summed E-state index contributed by atoms with van der Waals surface area (Å²) in [6.07, 6.45) is 5.31. The van der Waals surface area contributed by atoms with Crippen LogP contribution < -0.4 is 10.1 Å². The molecule has 0 aromatic heterocycles. The molecule has 0 saturated heterocycles. The van der Waals surface area contributed by atoms with Gasteiger partial charge in [0, 0.05) is 17.6 Å². The number of hydrogen-bond acceptors (Lipinski definition) is 2. The third kappa shape index (κ3) is 4.70. The summed E-state index contributed by atoms with van der Waals surface area (Å²) in [6.45, 7) is 6.00. The normalized spacial score (nSPS) is 23.3. The SMILES string of the molecule is Cc1ccc(Cl)cc1OCCNC1CCC(C)CC1. The fourth-order valence-electron chi connectivity index (χ4n) is 2.62. The number of aryl methyl sites for hydroxylation is 1. The van der Waals surface area contributed by atoms with Crippen molar-refractivity contribution < 1.29 is 4.74 Å². The topological polar surface area (TPSA) is 21.3 Å². The highest BCUT2D eigenvalue weighted by atomic mass is 35.5. The first-order valence-corrected chi connectivity index (χ1v) is 7.65. The molecule has 1 N–H and O–H groups in total. The number of ether oxygens (including phenoxy) is 1. The van der Waals surface area contributed by atoms with Crippen molar-refractivity contribution >= 4 is 11.6 Å². The van der Waals surface area contributed by atoms with Gasteiger partial charge in [0.05, 0.1) is 0 Å². The second-order valence-electron chi connectivity index (χ2n) is 5.67. The fraction of sp³-hybridized carbons (Fsp3) is 0.625. The van der Waals surface area contributed by atoms with Crippen LogP contribution in [0, 0.1) is 12.8 Å². The van der Waals surface area contributed by atoms with Crippen LogP contribution in [0.5, 0.6) is 5.75 Å². The third-order valence-electron chi connectivity index (χ3n) is 3.96. The quantitative estimate of drug-likeness (QED) is 0.817. The molecule has 1 aromatic carbocycles. The molecule has 0 radical (unpaired) electrons. The lowest BCUT2D eigenvalue weighted by Gasteiger charge is -2.27. The van der Waals surface area contributed by atoms with Crippen LogP contribution in [0.3, 0.4) is 0 Å². The van der Waals surface area contributed by atoms with E-state index < -0.39 is 0 Å². The van der Waals surface area contributed by atoms with E-state index in [0.29, 0.717) is 12.6 Å². The van der Waals surface area contributed by atoms with Crippen molar-refractivity contribution in [3.8, 4) is 5.75 Å². The molecule has 0 amide bonds. The maximum Gasteiger partial charge on any atom is 0.123 e. The first kappa shape index (κ1) is 14.7. The van der Waals surface area contributed by atoms with Crippen molar-refractivity contribution in [3.05, 3.63) is 28.8 Å². The van der Waals surface area contributed by atoms with E-state index in [0.717, 1.165) is 28.8 Å². The van der Waals surface area contributed by atoms with Crippen LogP contribution in [0.25, 0.3) is 0 Å². The molecule has 0 aliphatic heterocycles. The summed E-state index contributed by atoms with van der Waals surface area (Å²) in [6, 6.07) is 6.46. The summed E-state index contributed by atoms with van der Waals surface area (Å²) >= 11 is 5.97. The predicted octanol–water partition coefficient (Wildman–Crippen LogP) is 4.20. The number of hydrogen-bond donors (Lipinski definition) is 1.